The molecule has 122 valence electrons. The fourth-order valence-corrected chi connectivity index (χ4v) is 2.77. The standard InChI is InChI=1S/C14H20NO6P/c1-10(14(17)19-2)15-13(16)12-7-5-11(6-8-12)9-22(18,20-3)21-4/h5-8,10H,9H2,1-4H3,(H,15,16)/t10-/m0/s1. The Labute approximate surface area is 129 Å². The van der Waals surface area contributed by atoms with E-state index in [1.54, 1.807) is 24.3 Å². The predicted octanol–water partition coefficient (Wildman–Crippen LogP) is 1.96. The van der Waals surface area contributed by atoms with Crippen LogP contribution in [0, 0.1) is 0 Å². The van der Waals surface area contributed by atoms with Gasteiger partial charge in [0.05, 0.1) is 13.3 Å². The Kier molecular flexibility index (Phi) is 6.74. The zero-order chi connectivity index (χ0) is 16.8. The molecule has 1 amide bonds. The van der Waals surface area contributed by atoms with Crippen molar-refractivity contribution >= 4 is 19.5 Å². The van der Waals surface area contributed by atoms with Crippen molar-refractivity contribution in [2.24, 2.45) is 0 Å². The van der Waals surface area contributed by atoms with Gasteiger partial charge in [0.15, 0.2) is 0 Å². The second-order valence-electron chi connectivity index (χ2n) is 4.55. The van der Waals surface area contributed by atoms with Crippen LogP contribution in [0.5, 0.6) is 0 Å². The molecule has 0 fully saturated rings. The highest BCUT2D eigenvalue weighted by molar-refractivity contribution is 7.52. The molecule has 0 aliphatic carbocycles. The van der Waals surface area contributed by atoms with Crippen LogP contribution in [0.25, 0.3) is 0 Å². The zero-order valence-corrected chi connectivity index (χ0v) is 13.9. The van der Waals surface area contributed by atoms with Gasteiger partial charge < -0.3 is 19.1 Å². The molecule has 8 heteroatoms. The number of ether oxygens (including phenoxy) is 1. The van der Waals surface area contributed by atoms with Crippen molar-refractivity contribution in [3.8, 4) is 0 Å². The molecule has 1 aromatic carbocycles. The third-order valence-corrected chi connectivity index (χ3v) is 4.92. The number of methoxy groups -OCH3 is 1. The third-order valence-electron chi connectivity index (χ3n) is 3.05. The monoisotopic (exact) mass is 329 g/mol. The molecular weight excluding hydrogens is 309 g/mol. The summed E-state index contributed by atoms with van der Waals surface area (Å²) in [5.74, 6) is -0.919. The van der Waals surface area contributed by atoms with Crippen LogP contribution in [-0.2, 0) is 29.3 Å². The van der Waals surface area contributed by atoms with Gasteiger partial charge in [-0.05, 0) is 24.6 Å². The van der Waals surface area contributed by atoms with Gasteiger partial charge >= 0.3 is 13.6 Å². The maximum atomic E-state index is 12.0. The molecule has 0 aliphatic rings. The van der Waals surface area contributed by atoms with Gasteiger partial charge in [0.1, 0.15) is 6.04 Å². The van der Waals surface area contributed by atoms with E-state index < -0.39 is 25.5 Å². The summed E-state index contributed by atoms with van der Waals surface area (Å²) in [6, 6.07) is 5.72. The lowest BCUT2D eigenvalue weighted by Crippen LogP contribution is -2.39. The summed E-state index contributed by atoms with van der Waals surface area (Å²) in [5.41, 5.74) is 1.09. The number of benzene rings is 1. The predicted molar refractivity (Wildman–Crippen MR) is 80.7 cm³/mol. The van der Waals surface area contributed by atoms with Gasteiger partial charge in [-0.2, -0.15) is 0 Å². The Morgan fingerprint density at radius 2 is 1.68 bits per heavy atom. The van der Waals surface area contributed by atoms with Crippen LogP contribution in [0.4, 0.5) is 0 Å². The fraction of sp³-hybridized carbons (Fsp3) is 0.429. The third kappa shape index (κ3) is 4.94. The minimum Gasteiger partial charge on any atom is -0.467 e. The van der Waals surface area contributed by atoms with Crippen LogP contribution in [0.15, 0.2) is 24.3 Å². The second-order valence-corrected chi connectivity index (χ2v) is 6.82. The van der Waals surface area contributed by atoms with Crippen molar-refractivity contribution in [3.63, 3.8) is 0 Å². The van der Waals surface area contributed by atoms with E-state index in [4.69, 9.17) is 9.05 Å². The summed E-state index contributed by atoms with van der Waals surface area (Å²) in [4.78, 5) is 23.2. The first-order valence-corrected chi connectivity index (χ1v) is 8.26. The van der Waals surface area contributed by atoms with Gasteiger partial charge in [0.2, 0.25) is 0 Å². The van der Waals surface area contributed by atoms with E-state index in [1.807, 2.05) is 0 Å². The maximum absolute atomic E-state index is 12.0. The highest BCUT2D eigenvalue weighted by Gasteiger charge is 2.22. The molecule has 0 unspecified atom stereocenters. The topological polar surface area (TPSA) is 90.9 Å². The average molecular weight is 329 g/mol. The summed E-state index contributed by atoms with van der Waals surface area (Å²) in [7, 11) is 0.750. The first kappa shape index (κ1) is 18.4. The largest absolute Gasteiger partial charge is 0.467 e. The molecule has 0 aromatic heterocycles. The number of nitrogens with one attached hydrogen (secondary N) is 1. The van der Waals surface area contributed by atoms with Gasteiger partial charge in [-0.3, -0.25) is 9.36 Å². The summed E-state index contributed by atoms with van der Waals surface area (Å²) in [6.45, 7) is 1.53. The van der Waals surface area contributed by atoms with Gasteiger partial charge in [-0.25, -0.2) is 4.79 Å². The Bertz CT molecular complexity index is 563. The summed E-state index contributed by atoms with van der Waals surface area (Å²) in [5, 5.41) is 2.52. The molecule has 0 aliphatic heterocycles. The number of carbonyl (C=O) groups excluding carboxylic acids is 2. The van der Waals surface area contributed by atoms with Gasteiger partial charge in [0.25, 0.3) is 5.91 Å². The molecule has 1 aromatic rings. The van der Waals surface area contributed by atoms with E-state index in [0.717, 1.165) is 0 Å². The molecule has 0 radical (unpaired) electrons. The number of amides is 1. The number of hydrogen-bond acceptors (Lipinski definition) is 6. The Hall–Kier alpha value is -1.69. The first-order chi connectivity index (χ1) is 10.3. The van der Waals surface area contributed by atoms with Crippen LogP contribution < -0.4 is 5.32 Å². The van der Waals surface area contributed by atoms with E-state index in [1.165, 1.54) is 28.3 Å². The SMILES string of the molecule is COC(=O)[C@H](C)NC(=O)c1ccc(CP(=O)(OC)OC)cc1. The molecule has 0 heterocycles. The normalized spacial score (nSPS) is 12.5. The van der Waals surface area contributed by atoms with Crippen LogP contribution in [0.2, 0.25) is 0 Å². The van der Waals surface area contributed by atoms with Gasteiger partial charge in [-0.1, -0.05) is 12.1 Å². The van der Waals surface area contributed by atoms with Gasteiger partial charge in [0, 0.05) is 19.8 Å². The average Bonchev–Trinajstić information content (AvgIpc) is 2.54. The lowest BCUT2D eigenvalue weighted by Gasteiger charge is -2.14. The first-order valence-electron chi connectivity index (χ1n) is 6.53. The molecule has 1 rings (SSSR count). The van der Waals surface area contributed by atoms with E-state index in [0.29, 0.717) is 11.1 Å². The molecule has 1 N–H and O–H groups in total. The second kappa shape index (κ2) is 8.08. The van der Waals surface area contributed by atoms with Crippen molar-refractivity contribution in [1.29, 1.82) is 0 Å². The van der Waals surface area contributed by atoms with E-state index in [9.17, 15) is 14.2 Å². The minimum absolute atomic E-state index is 0.112. The van der Waals surface area contributed by atoms with Crippen LogP contribution >= 0.6 is 7.60 Å². The Morgan fingerprint density at radius 3 is 2.14 bits per heavy atom. The number of esters is 1. The smallest absolute Gasteiger partial charge is 0.334 e. The van der Waals surface area contributed by atoms with Crippen molar-refractivity contribution in [2.45, 2.75) is 19.1 Å². The van der Waals surface area contributed by atoms with Gasteiger partial charge in [-0.15, -0.1) is 0 Å². The summed E-state index contributed by atoms with van der Waals surface area (Å²) < 4.78 is 26.3. The van der Waals surface area contributed by atoms with E-state index in [-0.39, 0.29) is 6.16 Å². The van der Waals surface area contributed by atoms with E-state index in [2.05, 4.69) is 10.1 Å². The van der Waals surface area contributed by atoms with Crippen LogP contribution in [-0.4, -0.2) is 39.2 Å². The van der Waals surface area contributed by atoms with Crippen molar-refractivity contribution in [1.82, 2.24) is 5.32 Å². The van der Waals surface area contributed by atoms with Crippen LogP contribution in [0.3, 0.4) is 0 Å². The minimum atomic E-state index is -3.14. The molecular formula is C14H20NO6P. The Balaban J connectivity index is 2.74. The number of carbonyl (C=O) groups is 2. The number of hydrogen-bond donors (Lipinski definition) is 1. The fourth-order valence-electron chi connectivity index (χ4n) is 1.70. The highest BCUT2D eigenvalue weighted by atomic mass is 31.2. The Morgan fingerprint density at radius 1 is 1.14 bits per heavy atom. The van der Waals surface area contributed by atoms with E-state index >= 15 is 0 Å². The van der Waals surface area contributed by atoms with Crippen molar-refractivity contribution in [2.75, 3.05) is 21.3 Å². The lowest BCUT2D eigenvalue weighted by molar-refractivity contribution is -0.142. The molecule has 0 spiro atoms. The van der Waals surface area contributed by atoms with Crippen molar-refractivity contribution < 1.29 is 27.9 Å². The summed E-state index contributed by atoms with van der Waals surface area (Å²) >= 11 is 0. The maximum Gasteiger partial charge on any atom is 0.334 e. The van der Waals surface area contributed by atoms with Crippen molar-refractivity contribution in [3.05, 3.63) is 35.4 Å². The molecule has 7 nitrogen and oxygen atoms in total. The molecule has 0 saturated heterocycles. The zero-order valence-electron chi connectivity index (χ0n) is 13.0. The highest BCUT2D eigenvalue weighted by Crippen LogP contribution is 2.49. The lowest BCUT2D eigenvalue weighted by atomic mass is 10.1. The quantitative estimate of drug-likeness (QED) is 0.607. The summed E-state index contributed by atoms with van der Waals surface area (Å²) in [6.07, 6.45) is 0.112. The number of rotatable bonds is 7. The molecule has 0 saturated carbocycles. The molecule has 22 heavy (non-hydrogen) atoms. The molecule has 1 atom stereocenters. The molecule has 0 bridgehead atoms. The van der Waals surface area contributed by atoms with Crippen LogP contribution in [0.1, 0.15) is 22.8 Å².